The number of aliphatic hydroxyl groups excluding tert-OH is 1. The van der Waals surface area contributed by atoms with Gasteiger partial charge in [0.05, 0.1) is 12.1 Å². The minimum absolute atomic E-state index is 0. The van der Waals surface area contributed by atoms with Gasteiger partial charge in [-0.15, -0.1) is 12.4 Å². The van der Waals surface area contributed by atoms with E-state index in [1.165, 1.54) is 12.1 Å². The van der Waals surface area contributed by atoms with Gasteiger partial charge in [0.25, 0.3) is 0 Å². The van der Waals surface area contributed by atoms with Gasteiger partial charge in [-0.25, -0.2) is 4.39 Å². The fourth-order valence-electron chi connectivity index (χ4n) is 2.57. The Balaban J connectivity index is 0.00000176. The quantitative estimate of drug-likeness (QED) is 0.763. The second-order valence-corrected chi connectivity index (χ2v) is 5.09. The van der Waals surface area contributed by atoms with Crippen molar-refractivity contribution in [1.82, 2.24) is 0 Å². The summed E-state index contributed by atoms with van der Waals surface area (Å²) < 4.78 is 13.0. The standard InChI is InChI=1S/C18H16FNO.ClH/c19-14-10-8-13(9-11-14)17(20)18(21)16-7-3-5-12-4-1-2-6-15(12)16;/h1-11,17-18,21H,20H2;1H. The molecule has 0 aliphatic heterocycles. The Morgan fingerprint density at radius 1 is 0.864 bits per heavy atom. The van der Waals surface area contributed by atoms with Gasteiger partial charge in [0, 0.05) is 0 Å². The lowest BCUT2D eigenvalue weighted by Gasteiger charge is -2.21. The number of halogens is 2. The first-order valence-corrected chi connectivity index (χ1v) is 6.83. The molecule has 0 fully saturated rings. The zero-order valence-corrected chi connectivity index (χ0v) is 12.6. The van der Waals surface area contributed by atoms with Crippen LogP contribution in [0.1, 0.15) is 23.3 Å². The van der Waals surface area contributed by atoms with E-state index in [1.54, 1.807) is 12.1 Å². The molecule has 0 spiro atoms. The number of nitrogens with two attached hydrogens (primary N) is 1. The lowest BCUT2D eigenvalue weighted by Crippen LogP contribution is -2.19. The van der Waals surface area contributed by atoms with Crippen LogP contribution in [0.5, 0.6) is 0 Å². The third-order valence-corrected chi connectivity index (χ3v) is 3.74. The molecule has 0 saturated heterocycles. The SMILES string of the molecule is Cl.NC(c1ccc(F)cc1)C(O)c1cccc2ccccc12. The van der Waals surface area contributed by atoms with E-state index < -0.39 is 12.1 Å². The molecule has 3 aromatic rings. The Morgan fingerprint density at radius 3 is 2.23 bits per heavy atom. The fraction of sp³-hybridized carbons (Fsp3) is 0.111. The van der Waals surface area contributed by atoms with Crippen molar-refractivity contribution in [2.45, 2.75) is 12.1 Å². The van der Waals surface area contributed by atoms with E-state index >= 15 is 0 Å². The molecule has 2 unspecified atom stereocenters. The van der Waals surface area contributed by atoms with Crippen LogP contribution in [0.3, 0.4) is 0 Å². The Hall–Kier alpha value is -1.94. The highest BCUT2D eigenvalue weighted by molar-refractivity contribution is 5.86. The highest BCUT2D eigenvalue weighted by Gasteiger charge is 2.20. The summed E-state index contributed by atoms with van der Waals surface area (Å²) in [6.07, 6.45) is -0.846. The van der Waals surface area contributed by atoms with E-state index in [0.717, 1.165) is 16.3 Å². The van der Waals surface area contributed by atoms with Crippen molar-refractivity contribution < 1.29 is 9.50 Å². The molecule has 0 saturated carbocycles. The molecule has 0 bridgehead atoms. The molecule has 22 heavy (non-hydrogen) atoms. The zero-order chi connectivity index (χ0) is 14.8. The number of benzene rings is 3. The summed E-state index contributed by atoms with van der Waals surface area (Å²) in [6, 6.07) is 18.9. The first-order chi connectivity index (χ1) is 10.2. The van der Waals surface area contributed by atoms with Crippen molar-refractivity contribution in [3.05, 3.63) is 83.7 Å². The van der Waals surface area contributed by atoms with Gasteiger partial charge >= 0.3 is 0 Å². The highest BCUT2D eigenvalue weighted by atomic mass is 35.5. The zero-order valence-electron chi connectivity index (χ0n) is 11.8. The molecule has 2 atom stereocenters. The molecular weight excluding hydrogens is 301 g/mol. The average molecular weight is 318 g/mol. The normalized spacial score (nSPS) is 13.4. The van der Waals surface area contributed by atoms with Crippen LogP contribution < -0.4 is 5.73 Å². The molecule has 3 aromatic carbocycles. The van der Waals surface area contributed by atoms with Crippen LogP contribution in [-0.2, 0) is 0 Å². The molecule has 0 heterocycles. The van der Waals surface area contributed by atoms with Gasteiger partial charge in [0.2, 0.25) is 0 Å². The van der Waals surface area contributed by atoms with E-state index in [2.05, 4.69) is 0 Å². The van der Waals surface area contributed by atoms with Gasteiger partial charge in [-0.05, 0) is 34.0 Å². The monoisotopic (exact) mass is 317 g/mol. The van der Waals surface area contributed by atoms with Gasteiger partial charge < -0.3 is 10.8 Å². The molecule has 0 amide bonds. The molecule has 0 radical (unpaired) electrons. The molecule has 114 valence electrons. The first kappa shape index (κ1) is 16.4. The minimum atomic E-state index is -0.846. The Labute approximate surface area is 134 Å². The van der Waals surface area contributed by atoms with E-state index in [-0.39, 0.29) is 18.2 Å². The van der Waals surface area contributed by atoms with Crippen molar-refractivity contribution in [3.63, 3.8) is 0 Å². The summed E-state index contributed by atoms with van der Waals surface area (Å²) in [5.41, 5.74) is 7.63. The number of hydrogen-bond donors (Lipinski definition) is 2. The number of aliphatic hydroxyl groups is 1. The molecule has 3 rings (SSSR count). The smallest absolute Gasteiger partial charge is 0.123 e. The largest absolute Gasteiger partial charge is 0.386 e. The lowest BCUT2D eigenvalue weighted by molar-refractivity contribution is 0.148. The van der Waals surface area contributed by atoms with E-state index in [4.69, 9.17) is 5.73 Å². The van der Waals surface area contributed by atoms with Crippen LogP contribution in [0.4, 0.5) is 4.39 Å². The molecular formula is C18H17ClFNO. The summed E-state index contributed by atoms with van der Waals surface area (Å²) in [4.78, 5) is 0. The maximum Gasteiger partial charge on any atom is 0.123 e. The van der Waals surface area contributed by atoms with Crippen molar-refractivity contribution in [2.24, 2.45) is 5.73 Å². The second-order valence-electron chi connectivity index (χ2n) is 5.09. The molecule has 2 nitrogen and oxygen atoms in total. The predicted molar refractivity (Wildman–Crippen MR) is 89.5 cm³/mol. The predicted octanol–water partition coefficient (Wildman–Crippen LogP) is 4.13. The summed E-state index contributed by atoms with van der Waals surface area (Å²) in [6.45, 7) is 0. The molecule has 0 aliphatic rings. The molecule has 3 N–H and O–H groups in total. The van der Waals surface area contributed by atoms with Gasteiger partial charge in [-0.2, -0.15) is 0 Å². The van der Waals surface area contributed by atoms with Crippen molar-refractivity contribution in [1.29, 1.82) is 0 Å². The summed E-state index contributed by atoms with van der Waals surface area (Å²) in [7, 11) is 0. The Bertz CT molecular complexity index is 755. The average Bonchev–Trinajstić information content (AvgIpc) is 2.53. The highest BCUT2D eigenvalue weighted by Crippen LogP contribution is 2.31. The number of rotatable bonds is 3. The number of hydrogen-bond acceptors (Lipinski definition) is 2. The summed E-state index contributed by atoms with van der Waals surface area (Å²) in [5, 5.41) is 12.6. The number of fused-ring (bicyclic) bond motifs is 1. The minimum Gasteiger partial charge on any atom is -0.386 e. The summed E-state index contributed by atoms with van der Waals surface area (Å²) >= 11 is 0. The van der Waals surface area contributed by atoms with Crippen molar-refractivity contribution >= 4 is 23.2 Å². The van der Waals surface area contributed by atoms with Crippen LogP contribution in [0.2, 0.25) is 0 Å². The second kappa shape index (κ2) is 6.88. The van der Waals surface area contributed by atoms with E-state index in [9.17, 15) is 9.50 Å². The molecule has 0 aromatic heterocycles. The first-order valence-electron chi connectivity index (χ1n) is 6.83. The third kappa shape index (κ3) is 3.12. The molecule has 4 heteroatoms. The van der Waals surface area contributed by atoms with Crippen LogP contribution in [0, 0.1) is 5.82 Å². The van der Waals surface area contributed by atoms with Gasteiger partial charge in [-0.3, -0.25) is 0 Å². The third-order valence-electron chi connectivity index (χ3n) is 3.74. The fourth-order valence-corrected chi connectivity index (χ4v) is 2.57. The van der Waals surface area contributed by atoms with Crippen LogP contribution in [-0.4, -0.2) is 5.11 Å². The van der Waals surface area contributed by atoms with Gasteiger partial charge in [-0.1, -0.05) is 54.6 Å². The van der Waals surface area contributed by atoms with Crippen LogP contribution in [0.25, 0.3) is 10.8 Å². The van der Waals surface area contributed by atoms with E-state index in [0.29, 0.717) is 5.56 Å². The molecule has 0 aliphatic carbocycles. The summed E-state index contributed by atoms with van der Waals surface area (Å²) in [5.74, 6) is -0.314. The lowest BCUT2D eigenvalue weighted by atomic mass is 9.93. The van der Waals surface area contributed by atoms with E-state index in [1.807, 2.05) is 42.5 Å². The Morgan fingerprint density at radius 2 is 1.50 bits per heavy atom. The van der Waals surface area contributed by atoms with Crippen LogP contribution >= 0.6 is 12.4 Å². The maximum atomic E-state index is 13.0. The van der Waals surface area contributed by atoms with Gasteiger partial charge in [0.1, 0.15) is 5.82 Å². The van der Waals surface area contributed by atoms with Gasteiger partial charge in [0.15, 0.2) is 0 Å². The maximum absolute atomic E-state index is 13.0. The van der Waals surface area contributed by atoms with Crippen molar-refractivity contribution in [2.75, 3.05) is 0 Å². The Kier molecular flexibility index (Phi) is 5.14. The van der Waals surface area contributed by atoms with Crippen LogP contribution in [0.15, 0.2) is 66.7 Å². The van der Waals surface area contributed by atoms with Crippen molar-refractivity contribution in [3.8, 4) is 0 Å². The topological polar surface area (TPSA) is 46.2 Å².